The van der Waals surface area contributed by atoms with Crippen molar-refractivity contribution in [1.29, 1.82) is 0 Å². The Balaban J connectivity index is 1.46. The van der Waals surface area contributed by atoms with Crippen LogP contribution in [0.25, 0.3) is 0 Å². The minimum atomic E-state index is 0.487. The maximum atomic E-state index is 5.94. The van der Waals surface area contributed by atoms with Gasteiger partial charge in [-0.25, -0.2) is 4.98 Å². The number of nitrogens with zero attached hydrogens (tertiary/aromatic N) is 5. The second-order valence-corrected chi connectivity index (χ2v) is 8.10. The molecule has 9 heteroatoms. The van der Waals surface area contributed by atoms with Gasteiger partial charge in [-0.1, -0.05) is 13.0 Å². The highest BCUT2D eigenvalue weighted by Gasteiger charge is 2.15. The highest BCUT2D eigenvalue weighted by molar-refractivity contribution is 7.16. The maximum Gasteiger partial charge on any atom is 0.219 e. The predicted octanol–water partition coefficient (Wildman–Crippen LogP) is 3.40. The molecule has 0 spiro atoms. The van der Waals surface area contributed by atoms with Crippen LogP contribution >= 0.6 is 11.3 Å². The van der Waals surface area contributed by atoms with E-state index in [2.05, 4.69) is 43.4 Å². The minimum absolute atomic E-state index is 0.487. The zero-order chi connectivity index (χ0) is 21.3. The van der Waals surface area contributed by atoms with Crippen molar-refractivity contribution in [3.63, 3.8) is 0 Å². The van der Waals surface area contributed by atoms with E-state index in [1.165, 1.54) is 4.88 Å². The van der Waals surface area contributed by atoms with Crippen molar-refractivity contribution in [1.82, 2.24) is 15.0 Å². The molecule has 4 heterocycles. The summed E-state index contributed by atoms with van der Waals surface area (Å²) >= 11 is 1.69. The van der Waals surface area contributed by atoms with Crippen molar-refractivity contribution in [2.24, 2.45) is 5.10 Å². The third-order valence-electron chi connectivity index (χ3n) is 4.74. The lowest BCUT2D eigenvalue weighted by Crippen LogP contribution is -2.37. The van der Waals surface area contributed by atoms with Crippen LogP contribution in [-0.4, -0.2) is 54.1 Å². The summed E-state index contributed by atoms with van der Waals surface area (Å²) in [4.78, 5) is 17.0. The van der Waals surface area contributed by atoms with E-state index in [0.717, 1.165) is 36.0 Å². The fraction of sp³-hybridized carbons (Fsp3) is 0.364. The lowest BCUT2D eigenvalue weighted by atomic mass is 10.3. The first kappa shape index (κ1) is 21.2. The number of rotatable bonds is 9. The first-order chi connectivity index (χ1) is 15.3. The number of anilines is 2. The molecular weight excluding hydrogens is 412 g/mol. The van der Waals surface area contributed by atoms with E-state index in [-0.39, 0.29) is 0 Å². The standard InChI is InChI=1S/C22H26N6O2S/c1-2-18-6-7-22(31-18)27-24-16-19-25-20(28-10-13-29-14-11-28)15-21(26-19)30-12-8-17-5-3-4-9-23-17/h3-7,9,15-16,27H,2,8,10-14H2,1H3/b24-16+. The number of ether oxygens (including phenoxy) is 2. The van der Waals surface area contributed by atoms with Crippen molar-refractivity contribution < 1.29 is 9.47 Å². The lowest BCUT2D eigenvalue weighted by Gasteiger charge is -2.28. The van der Waals surface area contributed by atoms with Crippen LogP contribution in [0.2, 0.25) is 0 Å². The Labute approximate surface area is 186 Å². The number of aryl methyl sites for hydroxylation is 1. The van der Waals surface area contributed by atoms with Gasteiger partial charge < -0.3 is 14.4 Å². The Morgan fingerprint density at radius 1 is 1.23 bits per heavy atom. The maximum absolute atomic E-state index is 5.94. The molecule has 0 bridgehead atoms. The summed E-state index contributed by atoms with van der Waals surface area (Å²) in [6, 6.07) is 11.9. The van der Waals surface area contributed by atoms with Crippen LogP contribution in [0.4, 0.5) is 10.8 Å². The van der Waals surface area contributed by atoms with Crippen molar-refractivity contribution in [3.05, 3.63) is 59.0 Å². The molecule has 31 heavy (non-hydrogen) atoms. The molecule has 0 saturated carbocycles. The van der Waals surface area contributed by atoms with Crippen LogP contribution < -0.4 is 15.1 Å². The zero-order valence-electron chi connectivity index (χ0n) is 17.5. The second kappa shape index (κ2) is 10.8. The number of thiophene rings is 1. The number of hydrogen-bond donors (Lipinski definition) is 1. The van der Waals surface area contributed by atoms with E-state index in [0.29, 0.717) is 37.9 Å². The topological polar surface area (TPSA) is 84.8 Å². The van der Waals surface area contributed by atoms with Gasteiger partial charge in [-0.05, 0) is 30.7 Å². The number of morpholine rings is 1. The first-order valence-corrected chi connectivity index (χ1v) is 11.2. The summed E-state index contributed by atoms with van der Waals surface area (Å²) in [5.74, 6) is 1.84. The minimum Gasteiger partial charge on any atom is -0.477 e. The zero-order valence-corrected chi connectivity index (χ0v) is 18.3. The molecule has 0 aliphatic carbocycles. The van der Waals surface area contributed by atoms with E-state index in [1.54, 1.807) is 23.7 Å². The summed E-state index contributed by atoms with van der Waals surface area (Å²) in [7, 11) is 0. The van der Waals surface area contributed by atoms with Gasteiger partial charge in [-0.3, -0.25) is 10.4 Å². The van der Waals surface area contributed by atoms with Crippen LogP contribution in [0.5, 0.6) is 5.88 Å². The van der Waals surface area contributed by atoms with Crippen LogP contribution in [-0.2, 0) is 17.6 Å². The molecule has 1 N–H and O–H groups in total. The molecule has 1 saturated heterocycles. The molecule has 3 aromatic heterocycles. The van der Waals surface area contributed by atoms with Crippen molar-refractivity contribution in [2.75, 3.05) is 43.2 Å². The molecule has 1 aliphatic heterocycles. The van der Waals surface area contributed by atoms with Crippen LogP contribution in [0.3, 0.4) is 0 Å². The highest BCUT2D eigenvalue weighted by atomic mass is 32.1. The molecule has 0 radical (unpaired) electrons. The van der Waals surface area contributed by atoms with Crippen LogP contribution in [0, 0.1) is 0 Å². The SMILES string of the molecule is CCc1ccc(N/N=C/c2nc(OCCc3ccccn3)cc(N3CCOCC3)n2)s1. The monoisotopic (exact) mass is 438 g/mol. The average Bonchev–Trinajstić information content (AvgIpc) is 3.28. The van der Waals surface area contributed by atoms with Gasteiger partial charge in [0, 0.05) is 42.3 Å². The van der Waals surface area contributed by atoms with Crippen molar-refractivity contribution in [3.8, 4) is 5.88 Å². The Morgan fingerprint density at radius 3 is 2.90 bits per heavy atom. The summed E-state index contributed by atoms with van der Waals surface area (Å²) < 4.78 is 11.4. The first-order valence-electron chi connectivity index (χ1n) is 10.4. The largest absolute Gasteiger partial charge is 0.477 e. The van der Waals surface area contributed by atoms with E-state index >= 15 is 0 Å². The lowest BCUT2D eigenvalue weighted by molar-refractivity contribution is 0.122. The quantitative estimate of drug-likeness (QED) is 0.405. The van der Waals surface area contributed by atoms with Crippen molar-refractivity contribution in [2.45, 2.75) is 19.8 Å². The summed E-state index contributed by atoms with van der Waals surface area (Å²) in [6.07, 6.45) is 5.14. The molecule has 162 valence electrons. The van der Waals surface area contributed by atoms with E-state index in [4.69, 9.17) is 9.47 Å². The molecule has 1 fully saturated rings. The van der Waals surface area contributed by atoms with Crippen molar-refractivity contribution >= 4 is 28.4 Å². The van der Waals surface area contributed by atoms with Gasteiger partial charge >= 0.3 is 0 Å². The van der Waals surface area contributed by atoms with Gasteiger partial charge in [0.25, 0.3) is 0 Å². The molecule has 0 amide bonds. The highest BCUT2D eigenvalue weighted by Crippen LogP contribution is 2.22. The molecule has 1 aliphatic rings. The van der Waals surface area contributed by atoms with E-state index in [9.17, 15) is 0 Å². The molecule has 8 nitrogen and oxygen atoms in total. The predicted molar refractivity (Wildman–Crippen MR) is 123 cm³/mol. The number of pyridine rings is 1. The third kappa shape index (κ3) is 6.22. The Morgan fingerprint density at radius 2 is 2.13 bits per heavy atom. The Kier molecular flexibility index (Phi) is 7.41. The molecular formula is C22H26N6O2S. The molecule has 4 rings (SSSR count). The number of hydrogen-bond acceptors (Lipinski definition) is 9. The average molecular weight is 439 g/mol. The van der Waals surface area contributed by atoms with Crippen LogP contribution in [0.1, 0.15) is 23.3 Å². The molecule has 0 unspecified atom stereocenters. The fourth-order valence-electron chi connectivity index (χ4n) is 3.10. The summed E-state index contributed by atoms with van der Waals surface area (Å²) in [6.45, 7) is 5.56. The van der Waals surface area contributed by atoms with Gasteiger partial charge in [0.05, 0.1) is 26.0 Å². The summed E-state index contributed by atoms with van der Waals surface area (Å²) in [5.41, 5.74) is 4.04. The van der Waals surface area contributed by atoms with Gasteiger partial charge in [0.2, 0.25) is 5.88 Å². The second-order valence-electron chi connectivity index (χ2n) is 6.93. The summed E-state index contributed by atoms with van der Waals surface area (Å²) in [5, 5.41) is 5.31. The van der Waals surface area contributed by atoms with Gasteiger partial charge in [0.15, 0.2) is 5.82 Å². The van der Waals surface area contributed by atoms with E-state index in [1.807, 2.05) is 30.3 Å². The number of aromatic nitrogens is 3. The van der Waals surface area contributed by atoms with Gasteiger partial charge in [-0.15, -0.1) is 11.3 Å². The number of hydrazone groups is 1. The van der Waals surface area contributed by atoms with Gasteiger partial charge in [0.1, 0.15) is 10.8 Å². The fourth-order valence-corrected chi connectivity index (χ4v) is 3.90. The third-order valence-corrected chi connectivity index (χ3v) is 5.87. The molecule has 3 aromatic rings. The molecule has 0 aromatic carbocycles. The van der Waals surface area contributed by atoms with Gasteiger partial charge in [-0.2, -0.15) is 10.1 Å². The Bertz CT molecular complexity index is 989. The molecule has 0 atom stereocenters. The Hall–Kier alpha value is -3.04. The smallest absolute Gasteiger partial charge is 0.219 e. The van der Waals surface area contributed by atoms with E-state index < -0.39 is 0 Å². The van der Waals surface area contributed by atoms with Crippen LogP contribution in [0.15, 0.2) is 47.7 Å². The number of nitrogens with one attached hydrogen (secondary N) is 1. The normalized spacial score (nSPS) is 14.2.